The highest BCUT2D eigenvalue weighted by molar-refractivity contribution is 8.00. The third-order valence-corrected chi connectivity index (χ3v) is 5.40. The van der Waals surface area contributed by atoms with Crippen molar-refractivity contribution in [2.45, 2.75) is 89.2 Å². The second-order valence-electron chi connectivity index (χ2n) is 5.67. The molecule has 0 bridgehead atoms. The lowest BCUT2D eigenvalue weighted by molar-refractivity contribution is 0.315. The van der Waals surface area contributed by atoms with E-state index in [0.29, 0.717) is 5.25 Å². The van der Waals surface area contributed by atoms with E-state index < -0.39 is 0 Å². The van der Waals surface area contributed by atoms with Gasteiger partial charge in [0.1, 0.15) is 0 Å². The first-order chi connectivity index (χ1) is 9.38. The number of nitrogens with zero attached hydrogens (tertiary/aromatic N) is 1. The van der Waals surface area contributed by atoms with Gasteiger partial charge in [-0.25, -0.2) is 0 Å². The molecule has 0 radical (unpaired) electrons. The molecule has 1 N–H and O–H groups in total. The number of hydrogen-bond donors (Lipinski definition) is 1. The largest absolute Gasteiger partial charge is 0.411 e. The van der Waals surface area contributed by atoms with E-state index in [1.54, 1.807) is 0 Å². The summed E-state index contributed by atoms with van der Waals surface area (Å²) in [5.41, 5.74) is 1.05. The normalized spacial score (nSPS) is 23.2. The summed E-state index contributed by atoms with van der Waals surface area (Å²) >= 11 is 2.03. The van der Waals surface area contributed by atoms with E-state index in [2.05, 4.69) is 12.1 Å². The van der Waals surface area contributed by atoms with Crippen LogP contribution in [0, 0.1) is 0 Å². The standard InChI is InChI=1S/C16H31NOS/c1-2-3-4-5-8-11-14-19-16-13-10-7-6-9-12-15(16)17-18/h16,18H,2-14H2,1H3/b17-15+. The fourth-order valence-corrected chi connectivity index (χ4v) is 4.06. The highest BCUT2D eigenvalue weighted by Gasteiger charge is 2.18. The minimum atomic E-state index is 0.487. The maximum Gasteiger partial charge on any atom is 0.0700 e. The quantitative estimate of drug-likeness (QED) is 0.356. The zero-order chi connectivity index (χ0) is 13.8. The van der Waals surface area contributed by atoms with Crippen LogP contribution in [0.3, 0.4) is 0 Å². The maximum atomic E-state index is 9.15. The van der Waals surface area contributed by atoms with Gasteiger partial charge in [-0.3, -0.25) is 0 Å². The molecular formula is C16H31NOS. The average molecular weight is 285 g/mol. The van der Waals surface area contributed by atoms with E-state index in [9.17, 15) is 0 Å². The van der Waals surface area contributed by atoms with Crippen molar-refractivity contribution in [3.8, 4) is 0 Å². The van der Waals surface area contributed by atoms with Crippen LogP contribution >= 0.6 is 11.8 Å². The fourth-order valence-electron chi connectivity index (χ4n) is 2.72. The molecule has 1 aliphatic rings. The van der Waals surface area contributed by atoms with Gasteiger partial charge in [0, 0.05) is 5.25 Å². The number of rotatable bonds is 8. The topological polar surface area (TPSA) is 32.6 Å². The fraction of sp³-hybridized carbons (Fsp3) is 0.938. The molecule has 0 saturated heterocycles. The smallest absolute Gasteiger partial charge is 0.0700 e. The molecule has 0 amide bonds. The summed E-state index contributed by atoms with van der Waals surface area (Å²) in [7, 11) is 0. The lowest BCUT2D eigenvalue weighted by atomic mass is 9.99. The summed E-state index contributed by atoms with van der Waals surface area (Å²) in [5.74, 6) is 1.23. The van der Waals surface area contributed by atoms with Gasteiger partial charge in [0.05, 0.1) is 5.71 Å². The van der Waals surface area contributed by atoms with Gasteiger partial charge in [-0.2, -0.15) is 11.8 Å². The monoisotopic (exact) mass is 285 g/mol. The molecule has 2 nitrogen and oxygen atoms in total. The molecule has 1 fully saturated rings. The lowest BCUT2D eigenvalue weighted by Crippen LogP contribution is -2.19. The maximum absolute atomic E-state index is 9.15. The Hall–Kier alpha value is -0.180. The van der Waals surface area contributed by atoms with Gasteiger partial charge >= 0.3 is 0 Å². The molecule has 3 heteroatoms. The molecule has 112 valence electrons. The summed E-state index contributed by atoms with van der Waals surface area (Å²) in [4.78, 5) is 0. The first kappa shape index (κ1) is 16.9. The summed E-state index contributed by atoms with van der Waals surface area (Å²) < 4.78 is 0. The molecule has 0 heterocycles. The zero-order valence-electron chi connectivity index (χ0n) is 12.6. The van der Waals surface area contributed by atoms with Crippen LogP contribution in [0.4, 0.5) is 0 Å². The summed E-state index contributed by atoms with van der Waals surface area (Å²) in [6.45, 7) is 2.26. The van der Waals surface area contributed by atoms with Gasteiger partial charge in [0.15, 0.2) is 0 Å². The van der Waals surface area contributed by atoms with Gasteiger partial charge in [0.2, 0.25) is 0 Å². The Morgan fingerprint density at radius 1 is 1.05 bits per heavy atom. The third kappa shape index (κ3) is 7.86. The molecule has 0 aliphatic heterocycles. The minimum absolute atomic E-state index is 0.487. The van der Waals surface area contributed by atoms with Crippen molar-refractivity contribution >= 4 is 17.5 Å². The van der Waals surface area contributed by atoms with E-state index in [1.165, 1.54) is 76.4 Å². The molecule has 19 heavy (non-hydrogen) atoms. The molecule has 1 aliphatic carbocycles. The third-order valence-electron chi connectivity index (χ3n) is 3.97. The van der Waals surface area contributed by atoms with E-state index in [1.807, 2.05) is 11.8 Å². The van der Waals surface area contributed by atoms with E-state index >= 15 is 0 Å². The van der Waals surface area contributed by atoms with Gasteiger partial charge in [-0.1, -0.05) is 63.4 Å². The van der Waals surface area contributed by atoms with Crippen LogP contribution < -0.4 is 0 Å². The molecule has 1 rings (SSSR count). The van der Waals surface area contributed by atoms with Crippen molar-refractivity contribution in [2.24, 2.45) is 5.16 Å². The van der Waals surface area contributed by atoms with Gasteiger partial charge in [-0.05, 0) is 31.4 Å². The van der Waals surface area contributed by atoms with Crippen molar-refractivity contribution < 1.29 is 5.21 Å². The van der Waals surface area contributed by atoms with Crippen molar-refractivity contribution in [3.05, 3.63) is 0 Å². The minimum Gasteiger partial charge on any atom is -0.411 e. The van der Waals surface area contributed by atoms with Crippen LogP contribution in [-0.4, -0.2) is 21.9 Å². The molecule has 0 aromatic carbocycles. The van der Waals surface area contributed by atoms with Gasteiger partial charge in [0.25, 0.3) is 0 Å². The van der Waals surface area contributed by atoms with E-state index in [0.717, 1.165) is 12.1 Å². The van der Waals surface area contributed by atoms with Crippen LogP contribution in [0.1, 0.15) is 84.0 Å². The molecule has 0 spiro atoms. The van der Waals surface area contributed by atoms with Gasteiger partial charge in [-0.15, -0.1) is 0 Å². The Morgan fingerprint density at radius 2 is 1.79 bits per heavy atom. The first-order valence-electron chi connectivity index (χ1n) is 8.21. The predicted molar refractivity (Wildman–Crippen MR) is 86.5 cm³/mol. The molecule has 0 aromatic rings. The lowest BCUT2D eigenvalue weighted by Gasteiger charge is -2.20. The number of thioether (sulfide) groups is 1. The average Bonchev–Trinajstić information content (AvgIpc) is 2.40. The Balaban J connectivity index is 2.14. The second kappa shape index (κ2) is 11.6. The Bertz CT molecular complexity index is 243. The van der Waals surface area contributed by atoms with Crippen LogP contribution in [0.15, 0.2) is 5.16 Å². The van der Waals surface area contributed by atoms with E-state index in [4.69, 9.17) is 5.21 Å². The van der Waals surface area contributed by atoms with Crippen molar-refractivity contribution in [3.63, 3.8) is 0 Å². The van der Waals surface area contributed by atoms with Crippen LogP contribution in [0.5, 0.6) is 0 Å². The van der Waals surface area contributed by atoms with Crippen molar-refractivity contribution in [1.82, 2.24) is 0 Å². The highest BCUT2D eigenvalue weighted by atomic mass is 32.2. The SMILES string of the molecule is CCCCCCCCSC1CCCCCC/C1=N\O. The number of hydrogen-bond acceptors (Lipinski definition) is 3. The van der Waals surface area contributed by atoms with E-state index in [-0.39, 0.29) is 0 Å². The number of unbranched alkanes of at least 4 members (excludes halogenated alkanes) is 5. The molecule has 1 atom stereocenters. The van der Waals surface area contributed by atoms with Gasteiger partial charge < -0.3 is 5.21 Å². The summed E-state index contributed by atoms with van der Waals surface area (Å²) in [5, 5.41) is 13.2. The molecule has 0 aromatic heterocycles. The van der Waals surface area contributed by atoms with Crippen LogP contribution in [0.25, 0.3) is 0 Å². The molecule has 1 unspecified atom stereocenters. The summed E-state index contributed by atoms with van der Waals surface area (Å²) in [6, 6.07) is 0. The first-order valence-corrected chi connectivity index (χ1v) is 9.25. The Kier molecular flexibility index (Phi) is 10.3. The Morgan fingerprint density at radius 3 is 2.58 bits per heavy atom. The molecule has 1 saturated carbocycles. The predicted octanol–water partition coefficient (Wildman–Crippen LogP) is 5.63. The highest BCUT2D eigenvalue weighted by Crippen LogP contribution is 2.26. The second-order valence-corrected chi connectivity index (χ2v) is 6.98. The van der Waals surface area contributed by atoms with Crippen LogP contribution in [-0.2, 0) is 0 Å². The van der Waals surface area contributed by atoms with Crippen molar-refractivity contribution in [1.29, 1.82) is 0 Å². The van der Waals surface area contributed by atoms with Crippen LogP contribution in [0.2, 0.25) is 0 Å². The Labute approximate surface area is 123 Å². The zero-order valence-corrected chi connectivity index (χ0v) is 13.4. The van der Waals surface area contributed by atoms with Crippen molar-refractivity contribution in [2.75, 3.05) is 5.75 Å². The summed E-state index contributed by atoms with van der Waals surface area (Å²) in [6.07, 6.45) is 15.6. The molecular weight excluding hydrogens is 254 g/mol. The number of oxime groups is 1.